The Bertz CT molecular complexity index is 890. The van der Waals surface area contributed by atoms with Crippen molar-refractivity contribution >= 4 is 23.4 Å². The number of hydrogen-bond acceptors (Lipinski definition) is 4. The number of hydrogen-bond donors (Lipinski definition) is 2. The Hall–Kier alpha value is -2.80. The number of nitrogens with one attached hydrogen (secondary N) is 2. The van der Waals surface area contributed by atoms with Crippen LogP contribution in [0.1, 0.15) is 12.5 Å². The number of anilines is 1. The van der Waals surface area contributed by atoms with E-state index in [1.165, 1.54) is 16.3 Å². The predicted molar refractivity (Wildman–Crippen MR) is 98.8 cm³/mol. The van der Waals surface area contributed by atoms with Crippen LogP contribution in [0, 0.1) is 0 Å². The summed E-state index contributed by atoms with van der Waals surface area (Å²) in [4.78, 5) is 24.4. The maximum Gasteiger partial charge on any atom is 0.344 e. The van der Waals surface area contributed by atoms with Gasteiger partial charge >= 0.3 is 5.69 Å². The summed E-state index contributed by atoms with van der Waals surface area (Å²) in [6.07, 6.45) is 0. The number of aromatic amines is 1. The topological polar surface area (TPSA) is 79.8 Å². The molecule has 0 fully saturated rings. The van der Waals surface area contributed by atoms with Crippen molar-refractivity contribution in [3.05, 3.63) is 76.7 Å². The molecular weight excluding hydrogens is 336 g/mol. The molecule has 2 aromatic carbocycles. The summed E-state index contributed by atoms with van der Waals surface area (Å²) in [5.74, 6) is -0.141. The second kappa shape index (κ2) is 7.85. The van der Waals surface area contributed by atoms with Crippen LogP contribution in [0.4, 0.5) is 5.69 Å². The third-order valence-electron chi connectivity index (χ3n) is 3.60. The van der Waals surface area contributed by atoms with Gasteiger partial charge in [-0.25, -0.2) is 9.89 Å². The second-order valence-electron chi connectivity index (χ2n) is 5.50. The molecule has 1 aromatic heterocycles. The van der Waals surface area contributed by atoms with E-state index >= 15 is 0 Å². The van der Waals surface area contributed by atoms with Crippen molar-refractivity contribution in [1.29, 1.82) is 0 Å². The van der Waals surface area contributed by atoms with Crippen LogP contribution in [0.5, 0.6) is 0 Å². The minimum absolute atomic E-state index is 0.141. The lowest BCUT2D eigenvalue weighted by Gasteiger charge is -2.12. The van der Waals surface area contributed by atoms with Crippen LogP contribution in [0.3, 0.4) is 0 Å². The fourth-order valence-electron chi connectivity index (χ4n) is 2.28. The van der Waals surface area contributed by atoms with Crippen LogP contribution < -0.4 is 11.0 Å². The maximum absolute atomic E-state index is 12.3. The fourth-order valence-corrected chi connectivity index (χ4v) is 3.13. The molecule has 0 spiro atoms. The molecule has 1 heterocycles. The summed E-state index contributed by atoms with van der Waals surface area (Å²) in [6.45, 7) is 2.19. The fraction of sp³-hybridized carbons (Fsp3) is 0.167. The molecule has 0 saturated heterocycles. The molecule has 0 unspecified atom stereocenters. The summed E-state index contributed by atoms with van der Waals surface area (Å²) >= 11 is 1.25. The van der Waals surface area contributed by atoms with Gasteiger partial charge in [-0.1, -0.05) is 60.3 Å². The summed E-state index contributed by atoms with van der Waals surface area (Å²) in [5, 5.41) is 9.45. The van der Waals surface area contributed by atoms with Crippen molar-refractivity contribution in [2.24, 2.45) is 0 Å². The third kappa shape index (κ3) is 4.39. The molecular formula is C18H18N4O2S. The van der Waals surface area contributed by atoms with Crippen molar-refractivity contribution in [3.8, 4) is 0 Å². The van der Waals surface area contributed by atoms with Crippen molar-refractivity contribution in [2.45, 2.75) is 23.9 Å². The molecule has 0 aliphatic carbocycles. The SMILES string of the molecule is C[C@@H](Sc1n[nH]c(=O)n1Cc1ccccc1)C(=O)Nc1ccccc1. The van der Waals surface area contributed by atoms with Gasteiger partial charge in [0.2, 0.25) is 5.91 Å². The zero-order chi connectivity index (χ0) is 17.6. The second-order valence-corrected chi connectivity index (χ2v) is 6.81. The first-order chi connectivity index (χ1) is 12.1. The highest BCUT2D eigenvalue weighted by atomic mass is 32.2. The van der Waals surface area contributed by atoms with Gasteiger partial charge in [-0.05, 0) is 24.6 Å². The van der Waals surface area contributed by atoms with E-state index < -0.39 is 5.25 Å². The maximum atomic E-state index is 12.3. The van der Waals surface area contributed by atoms with Gasteiger partial charge in [0.25, 0.3) is 0 Å². The number of benzene rings is 2. The number of aromatic nitrogens is 3. The first kappa shape index (κ1) is 17.0. The van der Waals surface area contributed by atoms with Crippen LogP contribution in [0.25, 0.3) is 0 Å². The van der Waals surface area contributed by atoms with Gasteiger partial charge in [0.05, 0.1) is 11.8 Å². The largest absolute Gasteiger partial charge is 0.344 e. The Morgan fingerprint density at radius 1 is 1.16 bits per heavy atom. The molecule has 0 saturated carbocycles. The lowest BCUT2D eigenvalue weighted by Crippen LogP contribution is -2.24. The number of carbonyl (C=O) groups is 1. The number of rotatable bonds is 6. The molecule has 0 radical (unpaired) electrons. The van der Waals surface area contributed by atoms with E-state index in [1.54, 1.807) is 6.92 Å². The van der Waals surface area contributed by atoms with Gasteiger partial charge in [-0.2, -0.15) is 0 Å². The van der Waals surface area contributed by atoms with Gasteiger partial charge in [-0.3, -0.25) is 9.36 Å². The Kier molecular flexibility index (Phi) is 5.35. The highest BCUT2D eigenvalue weighted by Crippen LogP contribution is 2.22. The number of nitrogens with zero attached hydrogens (tertiary/aromatic N) is 2. The molecule has 0 aliphatic heterocycles. The van der Waals surface area contributed by atoms with E-state index in [2.05, 4.69) is 15.5 Å². The minimum Gasteiger partial charge on any atom is -0.325 e. The van der Waals surface area contributed by atoms with Crippen molar-refractivity contribution in [3.63, 3.8) is 0 Å². The molecule has 0 aliphatic rings. The quantitative estimate of drug-likeness (QED) is 0.667. The highest BCUT2D eigenvalue weighted by molar-refractivity contribution is 8.00. The Labute approximate surface area is 149 Å². The molecule has 128 valence electrons. The normalized spacial score (nSPS) is 11.9. The molecule has 2 N–H and O–H groups in total. The summed E-state index contributed by atoms with van der Waals surface area (Å²) in [6, 6.07) is 18.9. The summed E-state index contributed by atoms with van der Waals surface area (Å²) < 4.78 is 1.53. The lowest BCUT2D eigenvalue weighted by molar-refractivity contribution is -0.115. The molecule has 25 heavy (non-hydrogen) atoms. The first-order valence-corrected chi connectivity index (χ1v) is 8.73. The molecule has 7 heteroatoms. The van der Waals surface area contributed by atoms with Crippen LogP contribution in [0.15, 0.2) is 70.6 Å². The molecule has 0 bridgehead atoms. The minimum atomic E-state index is -0.398. The lowest BCUT2D eigenvalue weighted by atomic mass is 10.2. The zero-order valence-electron chi connectivity index (χ0n) is 13.7. The number of para-hydroxylation sites is 1. The standard InChI is InChI=1S/C18H18N4O2S/c1-13(16(23)19-15-10-6-3-7-11-15)25-18-21-20-17(24)22(18)12-14-8-4-2-5-9-14/h2-11,13H,12H2,1H3,(H,19,23)(H,20,24)/t13-/m1/s1. The van der Waals surface area contributed by atoms with Crippen molar-refractivity contribution in [1.82, 2.24) is 14.8 Å². The van der Waals surface area contributed by atoms with Crippen molar-refractivity contribution in [2.75, 3.05) is 5.32 Å². The first-order valence-electron chi connectivity index (χ1n) is 7.85. The zero-order valence-corrected chi connectivity index (χ0v) is 14.5. The van der Waals surface area contributed by atoms with Gasteiger partial charge in [0.1, 0.15) is 0 Å². The highest BCUT2D eigenvalue weighted by Gasteiger charge is 2.19. The van der Waals surface area contributed by atoms with Crippen LogP contribution in [0.2, 0.25) is 0 Å². The Balaban J connectivity index is 1.70. The Morgan fingerprint density at radius 3 is 2.48 bits per heavy atom. The molecule has 1 atom stereocenters. The molecule has 3 rings (SSSR count). The number of thioether (sulfide) groups is 1. The van der Waals surface area contributed by atoms with Crippen LogP contribution >= 0.6 is 11.8 Å². The van der Waals surface area contributed by atoms with E-state index in [0.29, 0.717) is 11.7 Å². The van der Waals surface area contributed by atoms with Crippen LogP contribution in [-0.2, 0) is 11.3 Å². The van der Waals surface area contributed by atoms with Crippen molar-refractivity contribution < 1.29 is 4.79 Å². The monoisotopic (exact) mass is 354 g/mol. The molecule has 1 amide bonds. The predicted octanol–water partition coefficient (Wildman–Crippen LogP) is 2.74. The van der Waals surface area contributed by atoms with E-state index in [0.717, 1.165) is 11.3 Å². The number of H-pyrrole nitrogens is 1. The van der Waals surface area contributed by atoms with Gasteiger partial charge < -0.3 is 5.32 Å². The number of carbonyl (C=O) groups excluding carboxylic acids is 1. The van der Waals surface area contributed by atoms with Gasteiger partial charge in [0, 0.05) is 5.69 Å². The Morgan fingerprint density at radius 2 is 1.80 bits per heavy atom. The molecule has 6 nitrogen and oxygen atoms in total. The van der Waals surface area contributed by atoms with Gasteiger partial charge in [0.15, 0.2) is 5.16 Å². The van der Waals surface area contributed by atoms with E-state index in [1.807, 2.05) is 60.7 Å². The smallest absolute Gasteiger partial charge is 0.325 e. The summed E-state index contributed by atoms with van der Waals surface area (Å²) in [5.41, 5.74) is 1.44. The van der Waals surface area contributed by atoms with E-state index in [9.17, 15) is 9.59 Å². The average Bonchev–Trinajstić information content (AvgIpc) is 2.97. The molecule has 3 aromatic rings. The summed E-state index contributed by atoms with van der Waals surface area (Å²) in [7, 11) is 0. The number of amides is 1. The third-order valence-corrected chi connectivity index (χ3v) is 4.69. The van der Waals surface area contributed by atoms with Crippen LogP contribution in [-0.4, -0.2) is 25.9 Å². The average molecular weight is 354 g/mol. The van der Waals surface area contributed by atoms with E-state index in [4.69, 9.17) is 0 Å². The van der Waals surface area contributed by atoms with E-state index in [-0.39, 0.29) is 11.6 Å². The van der Waals surface area contributed by atoms with Gasteiger partial charge in [-0.15, -0.1) is 5.10 Å².